The van der Waals surface area contributed by atoms with Gasteiger partial charge in [-0.25, -0.2) is 18.2 Å². The number of halogens is 5. The van der Waals surface area contributed by atoms with Crippen LogP contribution in [0.2, 0.25) is 0 Å². The zero-order valence-electron chi connectivity index (χ0n) is 13.1. The van der Waals surface area contributed by atoms with E-state index in [1.165, 1.54) is 0 Å². The number of thiazole rings is 1. The van der Waals surface area contributed by atoms with E-state index in [1.807, 2.05) is 0 Å². The third-order valence-electron chi connectivity index (χ3n) is 3.54. The highest BCUT2D eigenvalue weighted by Gasteiger charge is 2.29. The van der Waals surface area contributed by atoms with Crippen LogP contribution in [-0.2, 0) is 4.79 Å². The summed E-state index contributed by atoms with van der Waals surface area (Å²) >= 11 is 1.07. The molecule has 4 nitrogen and oxygen atoms in total. The van der Waals surface area contributed by atoms with Crippen molar-refractivity contribution < 1.29 is 31.5 Å². The molecule has 10 heteroatoms. The van der Waals surface area contributed by atoms with Gasteiger partial charge in [0.1, 0.15) is 11.6 Å². The average molecular weight is 398 g/mol. The number of carbonyl (C=O) groups excluding carboxylic acids is 1. The number of benzene rings is 2. The predicted molar refractivity (Wildman–Crippen MR) is 84.7 cm³/mol. The lowest BCUT2D eigenvalue weighted by Crippen LogP contribution is -2.20. The van der Waals surface area contributed by atoms with E-state index in [9.17, 15) is 32.0 Å². The fourth-order valence-corrected chi connectivity index (χ4v) is 3.25. The van der Waals surface area contributed by atoms with Crippen LogP contribution in [-0.4, -0.2) is 17.4 Å². The number of nitrogens with zero attached hydrogens (tertiary/aromatic N) is 2. The van der Waals surface area contributed by atoms with Gasteiger partial charge in [-0.1, -0.05) is 12.1 Å². The number of rotatable bonds is 5. The zero-order valence-corrected chi connectivity index (χ0v) is 13.9. The summed E-state index contributed by atoms with van der Waals surface area (Å²) in [7, 11) is 0. The van der Waals surface area contributed by atoms with Gasteiger partial charge in [0.2, 0.25) is 29.1 Å². The van der Waals surface area contributed by atoms with Crippen LogP contribution in [0.1, 0.15) is 10.9 Å². The predicted octanol–water partition coefficient (Wildman–Crippen LogP) is 4.25. The molecule has 0 spiro atoms. The Labute approximate surface area is 152 Å². The van der Waals surface area contributed by atoms with E-state index >= 15 is 0 Å². The molecule has 0 unspecified atom stereocenters. The van der Waals surface area contributed by atoms with Gasteiger partial charge in [-0.15, -0.1) is 11.3 Å². The molecular weight excluding hydrogens is 391 g/mol. The first kappa shape index (κ1) is 18.7. The molecular formula is C17H7F5N2O2S. The normalized spacial score (nSPS) is 12.0. The van der Waals surface area contributed by atoms with Gasteiger partial charge in [0.15, 0.2) is 17.5 Å². The standard InChI is InChI=1S/C17H7F5N2O2S/c18-11-12(19)14(21)16(15(22)13(11)20)26-6-9(25)7(5-23)17-24-8-3-1-2-4-10(8)27-17/h1-4,7H,6H2/t7-/m0/s1. The van der Waals surface area contributed by atoms with E-state index in [0.717, 1.165) is 11.3 Å². The van der Waals surface area contributed by atoms with Gasteiger partial charge in [0.05, 0.1) is 16.3 Å². The summed E-state index contributed by atoms with van der Waals surface area (Å²) in [5, 5.41) is 9.36. The first-order chi connectivity index (χ1) is 12.8. The molecule has 0 amide bonds. The lowest BCUT2D eigenvalue weighted by molar-refractivity contribution is -0.121. The molecule has 1 aromatic heterocycles. The van der Waals surface area contributed by atoms with Crippen molar-refractivity contribution in [3.05, 3.63) is 58.4 Å². The molecule has 1 atom stereocenters. The van der Waals surface area contributed by atoms with E-state index < -0.39 is 53.1 Å². The first-order valence-electron chi connectivity index (χ1n) is 7.27. The monoisotopic (exact) mass is 398 g/mol. The van der Waals surface area contributed by atoms with Crippen molar-refractivity contribution >= 4 is 27.3 Å². The number of carbonyl (C=O) groups is 1. The number of ketones is 1. The summed E-state index contributed by atoms with van der Waals surface area (Å²) in [6.45, 7) is -1.08. The third-order valence-corrected chi connectivity index (χ3v) is 4.64. The highest BCUT2D eigenvalue weighted by atomic mass is 32.1. The number of Topliss-reactive ketones (excluding diaryl/α,β-unsaturated/α-hetero) is 1. The number of ether oxygens (including phenoxy) is 1. The maximum atomic E-state index is 13.6. The zero-order chi connectivity index (χ0) is 19.7. The van der Waals surface area contributed by atoms with E-state index in [2.05, 4.69) is 9.72 Å². The van der Waals surface area contributed by atoms with Crippen molar-refractivity contribution in [2.24, 2.45) is 0 Å². The van der Waals surface area contributed by atoms with Crippen LogP contribution in [0, 0.1) is 40.4 Å². The summed E-state index contributed by atoms with van der Waals surface area (Å²) in [5.41, 5.74) is 0.547. The van der Waals surface area contributed by atoms with Crippen molar-refractivity contribution in [1.82, 2.24) is 4.98 Å². The Hall–Kier alpha value is -3.06. The fraction of sp³-hybridized carbons (Fsp3) is 0.118. The second kappa shape index (κ2) is 7.28. The van der Waals surface area contributed by atoms with Crippen molar-refractivity contribution in [3.8, 4) is 11.8 Å². The van der Waals surface area contributed by atoms with Crippen molar-refractivity contribution in [1.29, 1.82) is 5.26 Å². The minimum atomic E-state index is -2.34. The number of para-hydroxylation sites is 1. The van der Waals surface area contributed by atoms with E-state index in [-0.39, 0.29) is 5.01 Å². The molecule has 3 aromatic rings. The Kier molecular flexibility index (Phi) is 5.05. The smallest absolute Gasteiger partial charge is 0.207 e. The van der Waals surface area contributed by atoms with Crippen molar-refractivity contribution in [3.63, 3.8) is 0 Å². The molecule has 0 aliphatic carbocycles. The van der Waals surface area contributed by atoms with Gasteiger partial charge in [-0.3, -0.25) is 4.79 Å². The van der Waals surface area contributed by atoms with Crippen molar-refractivity contribution in [2.45, 2.75) is 5.92 Å². The number of fused-ring (bicyclic) bond motifs is 1. The van der Waals surface area contributed by atoms with Gasteiger partial charge >= 0.3 is 0 Å². The van der Waals surface area contributed by atoms with Gasteiger partial charge in [-0.2, -0.15) is 14.0 Å². The quantitative estimate of drug-likeness (QED) is 0.366. The number of aromatic nitrogens is 1. The minimum Gasteiger partial charge on any atom is -0.479 e. The highest BCUT2D eigenvalue weighted by molar-refractivity contribution is 7.18. The Balaban J connectivity index is 1.84. The fourth-order valence-electron chi connectivity index (χ4n) is 2.22. The molecule has 2 aromatic carbocycles. The molecule has 0 fully saturated rings. The second-order valence-electron chi connectivity index (χ2n) is 5.24. The minimum absolute atomic E-state index is 0.129. The highest BCUT2D eigenvalue weighted by Crippen LogP contribution is 2.31. The molecule has 0 aliphatic rings. The van der Waals surface area contributed by atoms with Gasteiger partial charge < -0.3 is 4.74 Å². The van der Waals surface area contributed by atoms with Crippen LogP contribution in [0.4, 0.5) is 22.0 Å². The average Bonchev–Trinajstić information content (AvgIpc) is 3.09. The van der Waals surface area contributed by atoms with Crippen LogP contribution in [0.5, 0.6) is 5.75 Å². The summed E-state index contributed by atoms with van der Waals surface area (Å²) in [6.07, 6.45) is 0. The Bertz CT molecular complexity index is 1030. The Morgan fingerprint density at radius 2 is 1.67 bits per heavy atom. The van der Waals surface area contributed by atoms with Crippen LogP contribution < -0.4 is 4.74 Å². The lowest BCUT2D eigenvalue weighted by Gasteiger charge is -2.11. The SMILES string of the molecule is N#C[C@@H](C(=O)COc1c(F)c(F)c(F)c(F)c1F)c1nc2ccccc2s1. The maximum Gasteiger partial charge on any atom is 0.207 e. The molecule has 27 heavy (non-hydrogen) atoms. The molecule has 0 radical (unpaired) electrons. The third kappa shape index (κ3) is 3.33. The van der Waals surface area contributed by atoms with E-state index in [0.29, 0.717) is 10.2 Å². The molecule has 138 valence electrons. The summed E-state index contributed by atoms with van der Waals surface area (Å²) < 4.78 is 71.6. The summed E-state index contributed by atoms with van der Waals surface area (Å²) in [4.78, 5) is 16.3. The van der Waals surface area contributed by atoms with Crippen LogP contribution in [0.15, 0.2) is 24.3 Å². The summed E-state index contributed by atoms with van der Waals surface area (Å²) in [6, 6.07) is 8.53. The molecule has 0 N–H and O–H groups in total. The second-order valence-corrected chi connectivity index (χ2v) is 6.30. The molecule has 0 aliphatic heterocycles. The summed E-state index contributed by atoms with van der Waals surface area (Å²) in [5.74, 6) is -15.1. The molecule has 3 rings (SSSR count). The van der Waals surface area contributed by atoms with Gasteiger partial charge in [-0.05, 0) is 12.1 Å². The lowest BCUT2D eigenvalue weighted by atomic mass is 10.1. The Morgan fingerprint density at radius 1 is 1.07 bits per heavy atom. The van der Waals surface area contributed by atoms with Crippen molar-refractivity contribution in [2.75, 3.05) is 6.61 Å². The number of hydrogen-bond acceptors (Lipinski definition) is 5. The van der Waals surface area contributed by atoms with E-state index in [4.69, 9.17) is 0 Å². The van der Waals surface area contributed by atoms with Crippen LogP contribution >= 0.6 is 11.3 Å². The molecule has 0 saturated heterocycles. The molecule has 1 heterocycles. The first-order valence-corrected chi connectivity index (χ1v) is 8.08. The largest absolute Gasteiger partial charge is 0.479 e. The van der Waals surface area contributed by atoms with Gasteiger partial charge in [0, 0.05) is 0 Å². The topological polar surface area (TPSA) is 63.0 Å². The van der Waals surface area contributed by atoms with E-state index in [1.54, 1.807) is 30.3 Å². The molecule has 0 bridgehead atoms. The van der Waals surface area contributed by atoms with Crippen LogP contribution in [0.25, 0.3) is 10.2 Å². The Morgan fingerprint density at radius 3 is 2.26 bits per heavy atom. The molecule has 0 saturated carbocycles. The number of nitriles is 1. The number of hydrogen-bond donors (Lipinski definition) is 0. The maximum absolute atomic E-state index is 13.6. The van der Waals surface area contributed by atoms with Gasteiger partial charge in [0.25, 0.3) is 0 Å². The van der Waals surface area contributed by atoms with Crippen LogP contribution in [0.3, 0.4) is 0 Å².